The second-order valence-corrected chi connectivity index (χ2v) is 7.07. The summed E-state index contributed by atoms with van der Waals surface area (Å²) in [6.45, 7) is 19.9. The molecule has 6 nitrogen and oxygen atoms in total. The molecule has 6 heteroatoms. The third-order valence-electron chi connectivity index (χ3n) is 3.65. The topological polar surface area (TPSA) is 78.9 Å². The summed E-state index contributed by atoms with van der Waals surface area (Å²) < 4.78 is 14.2. The summed E-state index contributed by atoms with van der Waals surface area (Å²) in [6, 6.07) is 0. The van der Waals surface area contributed by atoms with Crippen molar-refractivity contribution in [1.82, 2.24) is 0 Å². The molecule has 0 aliphatic heterocycles. The van der Waals surface area contributed by atoms with Crippen LogP contribution in [-0.2, 0) is 28.6 Å². The standard InChI is InChI=1S/C11H20O2.2C7H12O2/c1-4-11(12)13-9-7-5-6-8-10(2)3;2*1-3-5-6-9-7(8)4-2/h4,10H,1,5-9H2,2-3H3;2*4H,2-3,5-6H2,1H3. The molecule has 0 amide bonds. The first-order chi connectivity index (χ1) is 14.8. The van der Waals surface area contributed by atoms with Gasteiger partial charge in [0.25, 0.3) is 0 Å². The summed E-state index contributed by atoms with van der Waals surface area (Å²) >= 11 is 0. The molecule has 0 saturated carbocycles. The van der Waals surface area contributed by atoms with E-state index in [1.54, 1.807) is 0 Å². The van der Waals surface area contributed by atoms with E-state index in [4.69, 9.17) is 4.74 Å². The number of esters is 3. The van der Waals surface area contributed by atoms with Crippen LogP contribution >= 0.6 is 0 Å². The number of hydrogen-bond acceptors (Lipinski definition) is 6. The number of unbranched alkanes of at least 4 members (excludes halogenated alkanes) is 4. The highest BCUT2D eigenvalue weighted by Gasteiger charge is 1.96. The van der Waals surface area contributed by atoms with E-state index in [9.17, 15) is 14.4 Å². The summed E-state index contributed by atoms with van der Waals surface area (Å²) in [5, 5.41) is 0. The third-order valence-corrected chi connectivity index (χ3v) is 3.65. The lowest BCUT2D eigenvalue weighted by molar-refractivity contribution is -0.138. The zero-order chi connectivity index (χ0) is 24.3. The number of carbonyl (C=O) groups excluding carboxylic acids is 3. The highest BCUT2D eigenvalue weighted by atomic mass is 16.5. The van der Waals surface area contributed by atoms with Crippen molar-refractivity contribution in [2.45, 2.75) is 79.1 Å². The number of ether oxygens (including phenoxy) is 3. The number of hydrogen-bond donors (Lipinski definition) is 0. The largest absolute Gasteiger partial charge is 0.463 e. The van der Waals surface area contributed by atoms with Crippen molar-refractivity contribution in [2.75, 3.05) is 19.8 Å². The molecule has 0 aromatic heterocycles. The Morgan fingerprint density at radius 3 is 1.29 bits per heavy atom. The number of carbonyl (C=O) groups is 3. The minimum Gasteiger partial charge on any atom is -0.463 e. The summed E-state index contributed by atoms with van der Waals surface area (Å²) in [5.74, 6) is -0.202. The highest BCUT2D eigenvalue weighted by Crippen LogP contribution is 2.07. The third kappa shape index (κ3) is 35.4. The van der Waals surface area contributed by atoms with Crippen LogP contribution in [0.25, 0.3) is 0 Å². The Balaban J connectivity index is -0.000000390. The van der Waals surface area contributed by atoms with Crippen LogP contribution in [0.1, 0.15) is 79.1 Å². The van der Waals surface area contributed by atoms with Crippen molar-refractivity contribution in [2.24, 2.45) is 5.92 Å². The molecule has 0 spiro atoms. The van der Waals surface area contributed by atoms with Gasteiger partial charge < -0.3 is 14.2 Å². The normalized spacial score (nSPS) is 9.19. The van der Waals surface area contributed by atoms with Crippen LogP contribution in [0.2, 0.25) is 0 Å². The van der Waals surface area contributed by atoms with E-state index < -0.39 is 0 Å². The van der Waals surface area contributed by atoms with Gasteiger partial charge in [0.15, 0.2) is 0 Å². The summed E-state index contributed by atoms with van der Waals surface area (Å²) in [6.07, 6.45) is 12.1. The van der Waals surface area contributed by atoms with Gasteiger partial charge in [-0.05, 0) is 25.2 Å². The van der Waals surface area contributed by atoms with E-state index in [1.165, 1.54) is 31.1 Å². The molecule has 0 bridgehead atoms. The lowest BCUT2D eigenvalue weighted by atomic mass is 10.1. The summed E-state index contributed by atoms with van der Waals surface area (Å²) in [4.78, 5) is 31.3. The second kappa shape index (κ2) is 27.6. The van der Waals surface area contributed by atoms with E-state index in [1.807, 2.05) is 13.8 Å². The molecule has 0 N–H and O–H groups in total. The van der Waals surface area contributed by atoms with Gasteiger partial charge in [-0.3, -0.25) is 0 Å². The van der Waals surface area contributed by atoms with E-state index >= 15 is 0 Å². The molecule has 0 aliphatic rings. The number of rotatable bonds is 15. The average molecular weight is 441 g/mol. The predicted octanol–water partition coefficient (Wildman–Crippen LogP) is 5.96. The molecule has 0 aliphatic carbocycles. The van der Waals surface area contributed by atoms with E-state index in [2.05, 4.69) is 43.1 Å². The van der Waals surface area contributed by atoms with Gasteiger partial charge in [0.2, 0.25) is 0 Å². The second-order valence-electron chi connectivity index (χ2n) is 7.07. The molecule has 0 aromatic carbocycles. The predicted molar refractivity (Wildman–Crippen MR) is 127 cm³/mol. The Morgan fingerprint density at radius 2 is 1.00 bits per heavy atom. The van der Waals surface area contributed by atoms with Crippen molar-refractivity contribution in [3.05, 3.63) is 38.0 Å². The van der Waals surface area contributed by atoms with Crippen molar-refractivity contribution in [3.63, 3.8) is 0 Å². The van der Waals surface area contributed by atoms with Gasteiger partial charge >= 0.3 is 17.9 Å². The Hall–Kier alpha value is -2.37. The van der Waals surface area contributed by atoms with Gasteiger partial charge in [-0.1, -0.05) is 79.5 Å². The maximum atomic E-state index is 10.6. The molecule has 0 atom stereocenters. The van der Waals surface area contributed by atoms with E-state index in [-0.39, 0.29) is 17.9 Å². The molecule has 0 fully saturated rings. The Kier molecular flexibility index (Phi) is 29.7. The molecular formula is C25H44O6. The zero-order valence-electron chi connectivity index (χ0n) is 20.2. The van der Waals surface area contributed by atoms with Crippen molar-refractivity contribution in [1.29, 1.82) is 0 Å². The zero-order valence-corrected chi connectivity index (χ0v) is 20.2. The summed E-state index contributed by atoms with van der Waals surface area (Å²) in [5.41, 5.74) is 0. The van der Waals surface area contributed by atoms with E-state index in [0.717, 1.165) is 44.4 Å². The van der Waals surface area contributed by atoms with Crippen LogP contribution in [0, 0.1) is 5.92 Å². The summed E-state index contributed by atoms with van der Waals surface area (Å²) in [7, 11) is 0. The van der Waals surface area contributed by atoms with Crippen LogP contribution < -0.4 is 0 Å². The fourth-order valence-corrected chi connectivity index (χ4v) is 1.82. The minimum atomic E-state index is -0.330. The lowest BCUT2D eigenvalue weighted by Gasteiger charge is -2.04. The maximum absolute atomic E-state index is 10.6. The SMILES string of the molecule is C=CC(=O)OCCCC.C=CC(=O)OCCCC.C=CC(=O)OCCCCCC(C)C. The van der Waals surface area contributed by atoms with Crippen LogP contribution in [0.4, 0.5) is 0 Å². The molecule has 0 heterocycles. The lowest BCUT2D eigenvalue weighted by Crippen LogP contribution is -2.01. The van der Waals surface area contributed by atoms with Crippen molar-refractivity contribution in [3.8, 4) is 0 Å². The molecule has 0 aromatic rings. The molecule has 0 saturated heterocycles. The molecule has 180 valence electrons. The molecule has 0 rings (SSSR count). The minimum absolute atomic E-state index is 0.316. The molecule has 0 unspecified atom stereocenters. The monoisotopic (exact) mass is 440 g/mol. The first-order valence-electron chi connectivity index (χ1n) is 11.2. The molecular weight excluding hydrogens is 396 g/mol. The average Bonchev–Trinajstić information content (AvgIpc) is 2.76. The van der Waals surface area contributed by atoms with Crippen molar-refractivity contribution >= 4 is 17.9 Å². The van der Waals surface area contributed by atoms with Gasteiger partial charge in [-0.25, -0.2) is 14.4 Å². The maximum Gasteiger partial charge on any atom is 0.330 e. The first-order valence-corrected chi connectivity index (χ1v) is 11.2. The quantitative estimate of drug-likeness (QED) is 0.135. The Bertz CT molecular complexity index is 456. The fourth-order valence-electron chi connectivity index (χ4n) is 1.82. The molecule has 31 heavy (non-hydrogen) atoms. The van der Waals surface area contributed by atoms with Crippen molar-refractivity contribution < 1.29 is 28.6 Å². The fraction of sp³-hybridized carbons (Fsp3) is 0.640. The Morgan fingerprint density at radius 1 is 0.645 bits per heavy atom. The van der Waals surface area contributed by atoms with Gasteiger partial charge in [0.05, 0.1) is 19.8 Å². The Labute approximate surface area is 189 Å². The first kappa shape index (κ1) is 33.3. The van der Waals surface area contributed by atoms with Crippen LogP contribution in [0.5, 0.6) is 0 Å². The van der Waals surface area contributed by atoms with Gasteiger partial charge in [0.1, 0.15) is 0 Å². The van der Waals surface area contributed by atoms with Gasteiger partial charge in [-0.15, -0.1) is 0 Å². The van der Waals surface area contributed by atoms with E-state index in [0.29, 0.717) is 19.8 Å². The van der Waals surface area contributed by atoms with Crippen LogP contribution in [-0.4, -0.2) is 37.7 Å². The van der Waals surface area contributed by atoms with Gasteiger partial charge in [-0.2, -0.15) is 0 Å². The highest BCUT2D eigenvalue weighted by molar-refractivity contribution is 5.81. The van der Waals surface area contributed by atoms with Crippen LogP contribution in [0.15, 0.2) is 38.0 Å². The van der Waals surface area contributed by atoms with Crippen LogP contribution in [0.3, 0.4) is 0 Å². The van der Waals surface area contributed by atoms with Gasteiger partial charge in [0, 0.05) is 18.2 Å². The smallest absolute Gasteiger partial charge is 0.330 e. The molecule has 0 radical (unpaired) electrons.